The second kappa shape index (κ2) is 10.9. The number of amides is 1. The van der Waals surface area contributed by atoms with E-state index in [1.165, 1.54) is 11.3 Å². The number of benzene rings is 1. The molecule has 0 spiro atoms. The maximum atomic E-state index is 11.3. The second-order valence-corrected chi connectivity index (χ2v) is 7.39. The van der Waals surface area contributed by atoms with Crippen molar-refractivity contribution in [2.24, 2.45) is 5.16 Å². The minimum Gasteiger partial charge on any atom is -0.494 e. The zero-order valence-corrected chi connectivity index (χ0v) is 17.8. The van der Waals surface area contributed by atoms with Crippen molar-refractivity contribution >= 4 is 39.4 Å². The summed E-state index contributed by atoms with van der Waals surface area (Å²) in [5.41, 5.74) is 0. The first-order chi connectivity index (χ1) is 13.0. The Kier molecular flexibility index (Phi) is 8.53. The van der Waals surface area contributed by atoms with Gasteiger partial charge >= 0.3 is 0 Å². The summed E-state index contributed by atoms with van der Waals surface area (Å²) in [4.78, 5) is 21.5. The van der Waals surface area contributed by atoms with Crippen LogP contribution in [0, 0.1) is 0 Å². The Balaban J connectivity index is 1.85. The van der Waals surface area contributed by atoms with Gasteiger partial charge in [-0.15, -0.1) is 0 Å². The predicted octanol–water partition coefficient (Wildman–Crippen LogP) is 4.36. The largest absolute Gasteiger partial charge is 0.494 e. The third-order valence-corrected chi connectivity index (χ3v) is 4.65. The first-order valence-corrected chi connectivity index (χ1v) is 10.1. The van der Waals surface area contributed by atoms with Crippen molar-refractivity contribution < 1.29 is 19.1 Å². The molecule has 1 aromatic carbocycles. The molecule has 146 valence electrons. The van der Waals surface area contributed by atoms with E-state index < -0.39 is 0 Å². The molecule has 9 heteroatoms. The van der Waals surface area contributed by atoms with Crippen molar-refractivity contribution in [2.75, 3.05) is 13.2 Å². The first kappa shape index (κ1) is 21.2. The maximum absolute atomic E-state index is 11.3. The third-order valence-electron chi connectivity index (χ3n) is 3.22. The minimum absolute atomic E-state index is 0.0141. The van der Waals surface area contributed by atoms with Crippen molar-refractivity contribution in [3.63, 3.8) is 0 Å². The predicted molar refractivity (Wildman–Crippen MR) is 109 cm³/mol. The standard InChI is InChI=1S/C18H22BrN3O4S/c1-4-17(23)22-12(3)11-25-21-10-14-9-20-18(27-14)26-16-7-6-13(24-5-2)8-15(16)19/h6-10,12H,4-5,11H2,1-3H3,(H,22,23)/b21-10+/t12-/m0/s1. The average molecular weight is 456 g/mol. The second-order valence-electron chi connectivity index (χ2n) is 5.51. The highest BCUT2D eigenvalue weighted by Gasteiger charge is 2.08. The highest BCUT2D eigenvalue weighted by Crippen LogP contribution is 2.34. The molecule has 1 aromatic heterocycles. The van der Waals surface area contributed by atoms with Crippen LogP contribution in [-0.4, -0.2) is 36.4 Å². The lowest BCUT2D eigenvalue weighted by Crippen LogP contribution is -2.34. The first-order valence-electron chi connectivity index (χ1n) is 8.52. The van der Waals surface area contributed by atoms with E-state index in [0.717, 1.165) is 15.1 Å². The van der Waals surface area contributed by atoms with E-state index in [4.69, 9.17) is 14.3 Å². The summed E-state index contributed by atoms with van der Waals surface area (Å²) >= 11 is 4.80. The number of hydrogen-bond donors (Lipinski definition) is 1. The molecule has 0 saturated heterocycles. The number of halogens is 1. The molecule has 2 aromatic rings. The van der Waals surface area contributed by atoms with Crippen LogP contribution in [0.5, 0.6) is 16.7 Å². The van der Waals surface area contributed by atoms with E-state index in [9.17, 15) is 4.79 Å². The van der Waals surface area contributed by atoms with Gasteiger partial charge in [-0.05, 0) is 48.0 Å². The van der Waals surface area contributed by atoms with Gasteiger partial charge in [0, 0.05) is 6.42 Å². The summed E-state index contributed by atoms with van der Waals surface area (Å²) in [7, 11) is 0. The fraction of sp³-hybridized carbons (Fsp3) is 0.389. The molecule has 27 heavy (non-hydrogen) atoms. The van der Waals surface area contributed by atoms with Crippen molar-refractivity contribution in [3.05, 3.63) is 33.7 Å². The van der Waals surface area contributed by atoms with Crippen LogP contribution >= 0.6 is 27.3 Å². The number of carbonyl (C=O) groups excluding carboxylic acids is 1. The fourth-order valence-electron chi connectivity index (χ4n) is 1.95. The molecule has 0 aliphatic heterocycles. The molecule has 0 unspecified atom stereocenters. The highest BCUT2D eigenvalue weighted by atomic mass is 79.9. The Labute approximate surface area is 170 Å². The van der Waals surface area contributed by atoms with Gasteiger partial charge in [0.2, 0.25) is 5.91 Å². The lowest BCUT2D eigenvalue weighted by Gasteiger charge is -2.10. The summed E-state index contributed by atoms with van der Waals surface area (Å²) in [5, 5.41) is 7.18. The highest BCUT2D eigenvalue weighted by molar-refractivity contribution is 9.10. The van der Waals surface area contributed by atoms with E-state index in [1.807, 2.05) is 32.0 Å². The molecule has 0 bridgehead atoms. The SMILES string of the molecule is CCOc1ccc(Oc2ncc(/C=N/OC[C@H](C)NC(=O)CC)s2)c(Br)c1. The molecule has 0 fully saturated rings. The number of rotatable bonds is 10. The lowest BCUT2D eigenvalue weighted by molar-refractivity contribution is -0.121. The molecule has 0 aliphatic carbocycles. The number of nitrogens with zero attached hydrogens (tertiary/aromatic N) is 2. The van der Waals surface area contributed by atoms with Gasteiger partial charge in [0.05, 0.1) is 34.4 Å². The molecule has 1 amide bonds. The quantitative estimate of drug-likeness (QED) is 0.424. The molecule has 2 rings (SSSR count). The summed E-state index contributed by atoms with van der Waals surface area (Å²) < 4.78 is 12.0. The van der Waals surface area contributed by atoms with Crippen molar-refractivity contribution in [1.29, 1.82) is 0 Å². The zero-order chi connectivity index (χ0) is 19.6. The molecule has 1 heterocycles. The number of oxime groups is 1. The number of ether oxygens (including phenoxy) is 2. The summed E-state index contributed by atoms with van der Waals surface area (Å²) in [6, 6.07) is 5.40. The van der Waals surface area contributed by atoms with E-state index >= 15 is 0 Å². The van der Waals surface area contributed by atoms with E-state index in [0.29, 0.717) is 30.6 Å². The summed E-state index contributed by atoms with van der Waals surface area (Å²) in [6.07, 6.45) is 3.66. The number of aromatic nitrogens is 1. The van der Waals surface area contributed by atoms with Gasteiger partial charge in [-0.3, -0.25) is 4.79 Å². The number of nitrogens with one attached hydrogen (secondary N) is 1. The Morgan fingerprint density at radius 1 is 1.44 bits per heavy atom. The Morgan fingerprint density at radius 3 is 2.96 bits per heavy atom. The summed E-state index contributed by atoms with van der Waals surface area (Å²) in [6.45, 7) is 6.49. The smallest absolute Gasteiger partial charge is 0.279 e. The van der Waals surface area contributed by atoms with E-state index in [1.54, 1.807) is 19.3 Å². The Hall–Kier alpha value is -2.13. The molecule has 0 radical (unpaired) electrons. The maximum Gasteiger partial charge on any atom is 0.279 e. The summed E-state index contributed by atoms with van der Waals surface area (Å²) in [5.74, 6) is 1.40. The van der Waals surface area contributed by atoms with Crippen LogP contribution < -0.4 is 14.8 Å². The van der Waals surface area contributed by atoms with Crippen LogP contribution in [0.25, 0.3) is 0 Å². The van der Waals surface area contributed by atoms with E-state index in [2.05, 4.69) is 31.4 Å². The molecule has 1 atom stereocenters. The lowest BCUT2D eigenvalue weighted by atomic mass is 10.3. The molecule has 7 nitrogen and oxygen atoms in total. The number of hydrogen-bond acceptors (Lipinski definition) is 7. The zero-order valence-electron chi connectivity index (χ0n) is 15.4. The number of thiazole rings is 1. The van der Waals surface area contributed by atoms with Gasteiger partial charge in [-0.2, -0.15) is 0 Å². The molecular weight excluding hydrogens is 434 g/mol. The van der Waals surface area contributed by atoms with Gasteiger partial charge in [-0.25, -0.2) is 4.98 Å². The Morgan fingerprint density at radius 2 is 2.26 bits per heavy atom. The molecular formula is C18H22BrN3O4S. The Bertz CT molecular complexity index is 782. The third kappa shape index (κ3) is 7.18. The van der Waals surface area contributed by atoms with Crippen LogP contribution in [0.3, 0.4) is 0 Å². The minimum atomic E-state index is -0.105. The van der Waals surface area contributed by atoms with Gasteiger partial charge in [-0.1, -0.05) is 23.4 Å². The molecule has 0 aliphatic rings. The van der Waals surface area contributed by atoms with Crippen LogP contribution in [-0.2, 0) is 9.63 Å². The van der Waals surface area contributed by atoms with Crippen LogP contribution in [0.4, 0.5) is 0 Å². The van der Waals surface area contributed by atoms with Crippen molar-refractivity contribution in [1.82, 2.24) is 10.3 Å². The normalized spacial score (nSPS) is 12.0. The van der Waals surface area contributed by atoms with Gasteiger partial charge < -0.3 is 19.6 Å². The molecule has 1 N–H and O–H groups in total. The number of carbonyl (C=O) groups is 1. The van der Waals surface area contributed by atoms with Crippen molar-refractivity contribution in [3.8, 4) is 16.7 Å². The fourth-order valence-corrected chi connectivity index (χ4v) is 3.03. The van der Waals surface area contributed by atoms with Crippen LogP contribution in [0.1, 0.15) is 32.1 Å². The monoisotopic (exact) mass is 455 g/mol. The van der Waals surface area contributed by atoms with Gasteiger partial charge in [0.1, 0.15) is 18.1 Å². The average Bonchev–Trinajstić information content (AvgIpc) is 3.08. The van der Waals surface area contributed by atoms with Gasteiger partial charge in [0.25, 0.3) is 5.19 Å². The topological polar surface area (TPSA) is 82.0 Å². The molecule has 0 saturated carbocycles. The van der Waals surface area contributed by atoms with Gasteiger partial charge in [0.15, 0.2) is 0 Å². The van der Waals surface area contributed by atoms with Crippen molar-refractivity contribution in [2.45, 2.75) is 33.2 Å². The van der Waals surface area contributed by atoms with Crippen LogP contribution in [0.15, 0.2) is 34.0 Å². The van der Waals surface area contributed by atoms with E-state index in [-0.39, 0.29) is 11.9 Å². The van der Waals surface area contributed by atoms with Crippen LogP contribution in [0.2, 0.25) is 0 Å².